The minimum Gasteiger partial charge on any atom is -0.356 e. The highest BCUT2D eigenvalue weighted by Crippen LogP contribution is 2.34. The van der Waals surface area contributed by atoms with Crippen LogP contribution in [0.1, 0.15) is 48.3 Å². The Hall–Kier alpha value is -2.94. The van der Waals surface area contributed by atoms with E-state index in [0.29, 0.717) is 42.3 Å². The Bertz CT molecular complexity index is 1150. The number of nitrogens with one attached hydrogen (secondary N) is 1. The lowest BCUT2D eigenvalue weighted by molar-refractivity contribution is 0.0911. The number of benzene rings is 1. The maximum atomic E-state index is 12.8. The van der Waals surface area contributed by atoms with Crippen molar-refractivity contribution in [3.05, 3.63) is 58.9 Å². The maximum Gasteiger partial charge on any atom is 0.285 e. The average molecular weight is 442 g/mol. The molecule has 0 aliphatic carbocycles. The van der Waals surface area contributed by atoms with Gasteiger partial charge in [-0.3, -0.25) is 9.48 Å². The van der Waals surface area contributed by atoms with Gasteiger partial charge in [0.25, 0.3) is 15.9 Å². The van der Waals surface area contributed by atoms with Gasteiger partial charge in [-0.25, -0.2) is 0 Å². The van der Waals surface area contributed by atoms with E-state index in [1.165, 1.54) is 0 Å². The van der Waals surface area contributed by atoms with Crippen LogP contribution in [0.5, 0.6) is 0 Å². The van der Waals surface area contributed by atoms with Gasteiger partial charge in [-0.1, -0.05) is 29.8 Å². The van der Waals surface area contributed by atoms with Crippen LogP contribution in [-0.2, 0) is 16.6 Å². The number of amidine groups is 1. The second-order valence-electron chi connectivity index (χ2n) is 7.98. The molecule has 1 saturated heterocycles. The molecule has 2 aliphatic heterocycles. The fourth-order valence-electron chi connectivity index (χ4n) is 4.16. The van der Waals surface area contributed by atoms with Gasteiger partial charge >= 0.3 is 0 Å². The van der Waals surface area contributed by atoms with Crippen LogP contribution in [-0.4, -0.2) is 54.0 Å². The van der Waals surface area contributed by atoms with E-state index >= 15 is 0 Å². The van der Waals surface area contributed by atoms with Gasteiger partial charge in [-0.05, 0) is 45.2 Å². The Labute approximate surface area is 182 Å². The van der Waals surface area contributed by atoms with Gasteiger partial charge < -0.3 is 10.2 Å². The van der Waals surface area contributed by atoms with Crippen molar-refractivity contribution in [1.82, 2.24) is 20.0 Å². The van der Waals surface area contributed by atoms with Gasteiger partial charge in [0, 0.05) is 37.4 Å². The Morgan fingerprint density at radius 3 is 2.45 bits per heavy atom. The fourth-order valence-corrected chi connectivity index (χ4v) is 5.64. The number of carbonyl (C=O) groups excluding carboxylic acids is 1. The molecular formula is C22H27N5O3S. The van der Waals surface area contributed by atoms with E-state index in [-0.39, 0.29) is 16.9 Å². The molecule has 1 amide bonds. The average Bonchev–Trinajstić information content (AvgIpc) is 3.31. The molecule has 4 rings (SSSR count). The lowest BCUT2D eigenvalue weighted by Gasteiger charge is -2.33. The summed E-state index contributed by atoms with van der Waals surface area (Å²) in [6.07, 6.45) is 3.07. The molecule has 2 aliphatic rings. The summed E-state index contributed by atoms with van der Waals surface area (Å²) in [7, 11) is -3.72. The minimum atomic E-state index is -3.72. The van der Waals surface area contributed by atoms with Crippen LogP contribution < -0.4 is 5.32 Å². The second-order valence-corrected chi connectivity index (χ2v) is 9.52. The molecule has 0 spiro atoms. The van der Waals surface area contributed by atoms with Crippen molar-refractivity contribution >= 4 is 26.7 Å². The Morgan fingerprint density at radius 2 is 1.81 bits per heavy atom. The normalized spacial score (nSPS) is 18.9. The molecule has 8 nitrogen and oxygen atoms in total. The first kappa shape index (κ1) is 21.3. The van der Waals surface area contributed by atoms with E-state index < -0.39 is 10.0 Å². The van der Waals surface area contributed by atoms with Crippen molar-refractivity contribution in [2.24, 2.45) is 4.40 Å². The molecule has 1 aromatic carbocycles. The first-order valence-corrected chi connectivity index (χ1v) is 11.9. The predicted molar refractivity (Wildman–Crippen MR) is 120 cm³/mol. The summed E-state index contributed by atoms with van der Waals surface area (Å²) in [4.78, 5) is 14.8. The van der Waals surface area contributed by atoms with Crippen molar-refractivity contribution in [3.63, 3.8) is 0 Å². The van der Waals surface area contributed by atoms with Gasteiger partial charge in [0.15, 0.2) is 0 Å². The Morgan fingerprint density at radius 1 is 1.13 bits per heavy atom. The van der Waals surface area contributed by atoms with Crippen molar-refractivity contribution < 1.29 is 13.2 Å². The van der Waals surface area contributed by atoms with Crippen LogP contribution in [0.4, 0.5) is 0 Å². The van der Waals surface area contributed by atoms with Gasteiger partial charge in [-0.2, -0.15) is 13.5 Å². The topological polar surface area (TPSA) is 96.7 Å². The van der Waals surface area contributed by atoms with Gasteiger partial charge in [0.05, 0.1) is 0 Å². The summed E-state index contributed by atoms with van der Waals surface area (Å²) in [6.45, 7) is 7.62. The smallest absolute Gasteiger partial charge is 0.285 e. The summed E-state index contributed by atoms with van der Waals surface area (Å²) in [5.41, 5.74) is 2.97. The van der Waals surface area contributed by atoms with E-state index in [2.05, 4.69) is 14.8 Å². The number of carbonyl (C=O) groups is 1. The van der Waals surface area contributed by atoms with Crippen LogP contribution >= 0.6 is 0 Å². The molecule has 0 bridgehead atoms. The summed E-state index contributed by atoms with van der Waals surface area (Å²) in [5.74, 6) is 0.390. The zero-order valence-corrected chi connectivity index (χ0v) is 18.8. The second kappa shape index (κ2) is 8.30. The molecule has 2 aromatic rings. The van der Waals surface area contributed by atoms with Crippen LogP contribution in [0.15, 0.2) is 46.5 Å². The van der Waals surface area contributed by atoms with Crippen LogP contribution in [0.3, 0.4) is 0 Å². The van der Waals surface area contributed by atoms with Crippen LogP contribution in [0.2, 0.25) is 0 Å². The molecule has 164 valence electrons. The fraction of sp³-hybridized carbons (Fsp3) is 0.409. The van der Waals surface area contributed by atoms with Crippen molar-refractivity contribution in [2.45, 2.75) is 46.2 Å². The highest BCUT2D eigenvalue weighted by atomic mass is 32.2. The van der Waals surface area contributed by atoms with Crippen molar-refractivity contribution in [2.75, 3.05) is 13.1 Å². The van der Waals surface area contributed by atoms with Gasteiger partial charge in [0.1, 0.15) is 16.4 Å². The third-order valence-corrected chi connectivity index (χ3v) is 7.30. The molecule has 0 radical (unpaired) electrons. The monoisotopic (exact) mass is 441 g/mol. The lowest BCUT2D eigenvalue weighted by Crippen LogP contribution is -2.46. The molecule has 1 fully saturated rings. The standard InChI is InChI=1S/C22H27N5O3S/c1-4-27-19(9-12-23-27)22(28)24-18-10-13-26(14-11-18)21-16(3)20(31(29,30)25-21)17-7-5-15(2)6-8-17/h5-9,12,18H,4,10-11,13-14H2,1-3H3,(H,24,28). The zero-order chi connectivity index (χ0) is 22.2. The molecule has 31 heavy (non-hydrogen) atoms. The van der Waals surface area contributed by atoms with E-state index in [1.54, 1.807) is 16.9 Å². The number of sulfonamides is 1. The van der Waals surface area contributed by atoms with Crippen LogP contribution in [0.25, 0.3) is 4.91 Å². The number of likely N-dealkylation sites (tertiary alicyclic amines) is 1. The number of piperidine rings is 1. The van der Waals surface area contributed by atoms with Gasteiger partial charge in [-0.15, -0.1) is 4.40 Å². The summed E-state index contributed by atoms with van der Waals surface area (Å²) < 4.78 is 31.3. The molecule has 1 aromatic heterocycles. The quantitative estimate of drug-likeness (QED) is 0.787. The molecule has 1 N–H and O–H groups in total. The summed E-state index contributed by atoms with van der Waals surface area (Å²) in [5, 5.41) is 7.22. The van der Waals surface area contributed by atoms with Crippen molar-refractivity contribution in [1.29, 1.82) is 0 Å². The molecular weight excluding hydrogens is 414 g/mol. The highest BCUT2D eigenvalue weighted by Gasteiger charge is 2.35. The van der Waals surface area contributed by atoms with Crippen LogP contribution in [0, 0.1) is 6.92 Å². The number of amides is 1. The first-order chi connectivity index (χ1) is 14.8. The maximum absolute atomic E-state index is 12.8. The molecule has 0 atom stereocenters. The number of hydrogen-bond donors (Lipinski definition) is 1. The molecule has 3 heterocycles. The first-order valence-electron chi connectivity index (χ1n) is 10.5. The SMILES string of the molecule is CCn1nccc1C(=O)NC1CCN(C2=NS(=O)(=O)C(c3ccc(C)cc3)=C2C)CC1. The van der Waals surface area contributed by atoms with E-state index in [9.17, 15) is 13.2 Å². The third kappa shape index (κ3) is 4.14. The summed E-state index contributed by atoms with van der Waals surface area (Å²) in [6, 6.07) is 9.21. The van der Waals surface area contributed by atoms with E-state index in [4.69, 9.17) is 0 Å². The Balaban J connectivity index is 1.45. The van der Waals surface area contributed by atoms with Gasteiger partial charge in [0.2, 0.25) is 0 Å². The molecule has 0 unspecified atom stereocenters. The predicted octanol–water partition coefficient (Wildman–Crippen LogP) is 2.58. The number of nitrogens with zero attached hydrogens (tertiary/aromatic N) is 4. The number of aryl methyl sites for hydroxylation is 2. The number of rotatable bonds is 4. The molecule has 9 heteroatoms. The van der Waals surface area contributed by atoms with E-state index in [1.807, 2.05) is 49.9 Å². The van der Waals surface area contributed by atoms with Crippen molar-refractivity contribution in [3.8, 4) is 0 Å². The molecule has 0 saturated carbocycles. The lowest BCUT2D eigenvalue weighted by atomic mass is 10.0. The zero-order valence-electron chi connectivity index (χ0n) is 18.0. The largest absolute Gasteiger partial charge is 0.356 e. The summed E-state index contributed by atoms with van der Waals surface area (Å²) >= 11 is 0. The van der Waals surface area contributed by atoms with E-state index in [0.717, 1.165) is 18.4 Å². The number of hydrogen-bond acceptors (Lipinski definition) is 5. The number of aromatic nitrogens is 2. The third-order valence-electron chi connectivity index (χ3n) is 5.83. The minimum absolute atomic E-state index is 0.0309. The Kier molecular flexibility index (Phi) is 5.70. The highest BCUT2D eigenvalue weighted by molar-refractivity contribution is 8.00.